The molecule has 1 aliphatic heterocycles. The van der Waals surface area contributed by atoms with Crippen LogP contribution in [0.2, 0.25) is 0 Å². The molecule has 0 bridgehead atoms. The van der Waals surface area contributed by atoms with Crippen LogP contribution in [0.4, 0.5) is 9.18 Å². The summed E-state index contributed by atoms with van der Waals surface area (Å²) in [4.78, 5) is 43.1. The second-order valence-corrected chi connectivity index (χ2v) is 18.9. The summed E-state index contributed by atoms with van der Waals surface area (Å²) in [7, 11) is 0. The van der Waals surface area contributed by atoms with Crippen molar-refractivity contribution in [3.05, 3.63) is 63.2 Å². The molecular weight excluding hydrogens is 637 g/mol. The van der Waals surface area contributed by atoms with Crippen LogP contribution in [0.5, 0.6) is 0 Å². The fraction of sp³-hybridized carbons (Fsp3) is 0.641. The Balaban J connectivity index is 0.996. The molecule has 11 heteroatoms. The van der Waals surface area contributed by atoms with Crippen molar-refractivity contribution < 1.29 is 23.5 Å². The van der Waals surface area contributed by atoms with Crippen LogP contribution in [0.25, 0.3) is 11.5 Å². The van der Waals surface area contributed by atoms with Gasteiger partial charge in [0.2, 0.25) is 0 Å². The topological polar surface area (TPSA) is 101 Å². The quantitative estimate of drug-likeness (QED) is 0.325. The van der Waals surface area contributed by atoms with Gasteiger partial charge in [0, 0.05) is 30.9 Å². The molecule has 7 saturated carbocycles. The number of fused-ring (bicyclic) bond motifs is 7. The van der Waals surface area contributed by atoms with Gasteiger partial charge in [-0.2, -0.15) is 5.10 Å². The maximum absolute atomic E-state index is 14.9. The SMILES string of the molecule is Cc1cc(-n2nc3c(c2-n2ccn(C45C6C7C8(CC(=O)OC(C)(C)C)C9C4C94C8C76C45)c2=O)C(C)N(C(=O)OC(C)(C)C)CC3)cc(C)c1F. The number of carbonyl (C=O) groups excluding carboxylic acids is 2. The molecule has 7 atom stereocenters. The van der Waals surface area contributed by atoms with Crippen molar-refractivity contribution in [2.75, 3.05) is 6.54 Å². The molecule has 3 aromatic rings. The summed E-state index contributed by atoms with van der Waals surface area (Å²) >= 11 is 0. The second kappa shape index (κ2) is 7.94. The minimum absolute atomic E-state index is 0.0731. The van der Waals surface area contributed by atoms with Gasteiger partial charge in [-0.25, -0.2) is 18.7 Å². The number of imidazole rings is 1. The van der Waals surface area contributed by atoms with E-state index in [1.165, 1.54) is 0 Å². The number of aryl methyl sites for hydroxylation is 2. The molecule has 1 aromatic carbocycles. The molecule has 3 heterocycles. The maximum Gasteiger partial charge on any atom is 0.410 e. The lowest BCUT2D eigenvalue weighted by atomic mass is 9.17. The van der Waals surface area contributed by atoms with Gasteiger partial charge >= 0.3 is 17.8 Å². The van der Waals surface area contributed by atoms with Crippen LogP contribution in [-0.4, -0.2) is 53.6 Å². The number of esters is 1. The number of hydrogen-bond acceptors (Lipinski definition) is 6. The van der Waals surface area contributed by atoms with Crippen LogP contribution < -0.4 is 5.69 Å². The minimum atomic E-state index is -0.655. The molecule has 7 unspecified atom stereocenters. The zero-order valence-electron chi connectivity index (χ0n) is 30.1. The fourth-order valence-electron chi connectivity index (χ4n) is 14.6. The highest BCUT2D eigenvalue weighted by molar-refractivity contribution is 5.81. The van der Waals surface area contributed by atoms with Crippen LogP contribution in [0, 0.1) is 71.4 Å². The normalized spacial score (nSPS) is 40.8. The summed E-state index contributed by atoms with van der Waals surface area (Å²) in [6.45, 7) is 17.2. The van der Waals surface area contributed by atoms with Gasteiger partial charge in [0.25, 0.3) is 0 Å². The molecule has 1 amide bonds. The summed E-state index contributed by atoms with van der Waals surface area (Å²) < 4.78 is 32.0. The monoisotopic (exact) mass is 681 g/mol. The number of benzene rings is 1. The van der Waals surface area contributed by atoms with Gasteiger partial charge in [-0.15, -0.1) is 0 Å². The molecule has 2 spiro atoms. The molecule has 0 N–H and O–H groups in total. The van der Waals surface area contributed by atoms with E-state index < -0.39 is 23.3 Å². The van der Waals surface area contributed by atoms with Gasteiger partial charge in [-0.1, -0.05) is 0 Å². The van der Waals surface area contributed by atoms with Crippen LogP contribution >= 0.6 is 0 Å². The van der Waals surface area contributed by atoms with E-state index in [2.05, 4.69) is 0 Å². The highest BCUT2D eigenvalue weighted by Gasteiger charge is 3.30. The lowest BCUT2D eigenvalue weighted by Gasteiger charge is -2.87. The number of amides is 1. The average molecular weight is 682 g/mol. The van der Waals surface area contributed by atoms with E-state index in [0.717, 1.165) is 11.3 Å². The predicted molar refractivity (Wildman–Crippen MR) is 178 cm³/mol. The largest absolute Gasteiger partial charge is 0.460 e. The first-order chi connectivity index (χ1) is 23.4. The molecule has 8 aliphatic rings. The van der Waals surface area contributed by atoms with Crippen molar-refractivity contribution in [3.63, 3.8) is 0 Å². The van der Waals surface area contributed by atoms with E-state index in [0.29, 0.717) is 88.4 Å². The first kappa shape index (κ1) is 29.8. The Hall–Kier alpha value is -3.89. The molecule has 50 heavy (non-hydrogen) atoms. The van der Waals surface area contributed by atoms with E-state index in [1.807, 2.05) is 65.4 Å². The third-order valence-corrected chi connectivity index (χ3v) is 14.8. The number of halogens is 1. The molecular formula is C39H44FN5O5. The predicted octanol–water partition coefficient (Wildman–Crippen LogP) is 5.61. The summed E-state index contributed by atoms with van der Waals surface area (Å²) in [5.74, 6) is 3.37. The second-order valence-electron chi connectivity index (χ2n) is 18.9. The van der Waals surface area contributed by atoms with E-state index in [-0.39, 0.29) is 28.4 Å². The van der Waals surface area contributed by atoms with Crippen molar-refractivity contribution in [2.45, 2.75) is 97.9 Å². The van der Waals surface area contributed by atoms with E-state index >= 15 is 0 Å². The molecule has 2 aromatic heterocycles. The van der Waals surface area contributed by atoms with Gasteiger partial charge in [0.05, 0.1) is 29.4 Å². The van der Waals surface area contributed by atoms with Crippen molar-refractivity contribution in [1.82, 2.24) is 23.8 Å². The van der Waals surface area contributed by atoms with Crippen LogP contribution in [0.15, 0.2) is 29.3 Å². The van der Waals surface area contributed by atoms with Crippen molar-refractivity contribution in [1.29, 1.82) is 0 Å². The molecule has 0 radical (unpaired) electrons. The van der Waals surface area contributed by atoms with Gasteiger partial charge in [0.1, 0.15) is 22.8 Å². The zero-order valence-corrected chi connectivity index (χ0v) is 30.1. The number of hydrogen-bond donors (Lipinski definition) is 0. The van der Waals surface area contributed by atoms with Crippen molar-refractivity contribution in [3.8, 4) is 11.5 Å². The van der Waals surface area contributed by atoms with Gasteiger partial charge in [0.15, 0.2) is 0 Å². The van der Waals surface area contributed by atoms with Crippen LogP contribution in [0.3, 0.4) is 0 Å². The number of nitrogens with zero attached hydrogens (tertiary/aromatic N) is 5. The molecule has 0 saturated heterocycles. The third kappa shape index (κ3) is 2.67. The van der Waals surface area contributed by atoms with E-state index in [1.54, 1.807) is 40.1 Å². The first-order valence-corrected chi connectivity index (χ1v) is 18.3. The molecule has 10 nitrogen and oxygen atoms in total. The smallest absolute Gasteiger partial charge is 0.410 e. The standard InChI is InChI=1S/C39H44FN5O5/c1-17-14-20(15-18(2)24(17)40)45-29(23-19(3)42(11-10-21(23)41-45)33(48)50-35(7,8)9)43-12-13-44(32(43)47)39-27-25-36(16-22(46)49-34(4,5)6)26-28(39)38(26)30(36)37(25,27)31(38)39/h12-15,19,25-28,30-31H,10-11,16H2,1-9H3. The summed E-state index contributed by atoms with van der Waals surface area (Å²) in [6, 6.07) is 3.12. The highest BCUT2D eigenvalue weighted by atomic mass is 19.1. The first-order valence-electron chi connectivity index (χ1n) is 18.3. The Morgan fingerprint density at radius 2 is 1.56 bits per heavy atom. The van der Waals surface area contributed by atoms with E-state index in [9.17, 15) is 18.8 Å². The van der Waals surface area contributed by atoms with Crippen molar-refractivity contribution in [2.24, 2.45) is 51.8 Å². The molecule has 7 aliphatic carbocycles. The van der Waals surface area contributed by atoms with Gasteiger partial charge < -0.3 is 14.4 Å². The lowest BCUT2D eigenvalue weighted by Crippen LogP contribution is -2.88. The van der Waals surface area contributed by atoms with E-state index in [4.69, 9.17) is 14.6 Å². The summed E-state index contributed by atoms with van der Waals surface area (Å²) in [5.41, 5.74) is 2.65. The number of carbonyl (C=O) groups is 2. The third-order valence-electron chi connectivity index (χ3n) is 14.8. The van der Waals surface area contributed by atoms with Gasteiger partial charge in [-0.3, -0.25) is 13.9 Å². The number of aromatic nitrogens is 4. The fourth-order valence-corrected chi connectivity index (χ4v) is 14.6. The minimum Gasteiger partial charge on any atom is -0.460 e. The molecule has 262 valence electrons. The van der Waals surface area contributed by atoms with Crippen molar-refractivity contribution >= 4 is 12.1 Å². The highest BCUT2D eigenvalue weighted by Crippen LogP contribution is 3.30. The Kier molecular flexibility index (Phi) is 4.74. The Labute approximate surface area is 289 Å². The van der Waals surface area contributed by atoms with Crippen LogP contribution in [0.1, 0.15) is 83.3 Å². The van der Waals surface area contributed by atoms with Gasteiger partial charge in [-0.05, 0) is 137 Å². The molecule has 7 fully saturated rings. The summed E-state index contributed by atoms with van der Waals surface area (Å²) in [5, 5.41) is 5.05. The maximum atomic E-state index is 14.9. The number of rotatable bonds is 5. The average Bonchev–Trinajstić information content (AvgIpc) is 3.76. The Bertz CT molecular complexity index is 2180. The Morgan fingerprint density at radius 1 is 0.940 bits per heavy atom. The Morgan fingerprint density at radius 3 is 2.16 bits per heavy atom. The lowest BCUT2D eigenvalue weighted by molar-refractivity contribution is -0.410. The zero-order chi connectivity index (χ0) is 35.2. The summed E-state index contributed by atoms with van der Waals surface area (Å²) in [6.07, 6.45) is 4.46. The molecule has 11 rings (SSSR count). The number of ether oxygens (including phenoxy) is 2. The van der Waals surface area contributed by atoms with Crippen LogP contribution in [-0.2, 0) is 26.2 Å².